The molecule has 92 valence electrons. The van der Waals surface area contributed by atoms with Gasteiger partial charge in [-0.2, -0.15) is 0 Å². The third kappa shape index (κ3) is 1.78. The molecule has 1 aliphatic heterocycles. The van der Waals surface area contributed by atoms with E-state index in [0.29, 0.717) is 11.3 Å². The first-order valence-corrected chi connectivity index (χ1v) is 5.94. The summed E-state index contributed by atoms with van der Waals surface area (Å²) in [4.78, 5) is 0. The lowest BCUT2D eigenvalue weighted by Crippen LogP contribution is -2.34. The van der Waals surface area contributed by atoms with E-state index in [-0.39, 0.29) is 0 Å². The van der Waals surface area contributed by atoms with E-state index < -0.39 is 18.3 Å². The molecule has 1 heterocycles. The van der Waals surface area contributed by atoms with E-state index in [1.54, 1.807) is 12.1 Å². The van der Waals surface area contributed by atoms with E-state index in [1.165, 1.54) is 0 Å². The van der Waals surface area contributed by atoms with Crippen LogP contribution >= 0.6 is 0 Å². The predicted octanol–water partition coefficient (Wildman–Crippen LogP) is 2.21. The maximum absolute atomic E-state index is 10.2. The zero-order chi connectivity index (χ0) is 12.5. The summed E-state index contributed by atoms with van der Waals surface area (Å²) in [5, 5.41) is 20.3. The molecule has 0 bridgehead atoms. The van der Waals surface area contributed by atoms with Gasteiger partial charge in [0.2, 0.25) is 0 Å². The molecule has 0 spiro atoms. The summed E-state index contributed by atoms with van der Waals surface area (Å²) in [6.45, 7) is 0. The molecular formula is C15H14O3. The topological polar surface area (TPSA) is 49.7 Å². The second-order valence-corrected chi connectivity index (χ2v) is 4.42. The summed E-state index contributed by atoms with van der Waals surface area (Å²) >= 11 is 0. The molecule has 3 nitrogen and oxygen atoms in total. The van der Waals surface area contributed by atoms with Gasteiger partial charge in [-0.3, -0.25) is 0 Å². The van der Waals surface area contributed by atoms with Gasteiger partial charge in [0.05, 0.1) is 0 Å². The van der Waals surface area contributed by atoms with Crippen molar-refractivity contribution in [1.29, 1.82) is 0 Å². The fourth-order valence-corrected chi connectivity index (χ4v) is 2.30. The highest BCUT2D eigenvalue weighted by Gasteiger charge is 2.36. The number of benzene rings is 2. The van der Waals surface area contributed by atoms with Gasteiger partial charge < -0.3 is 14.9 Å². The molecule has 0 saturated carbocycles. The van der Waals surface area contributed by atoms with Gasteiger partial charge in [0, 0.05) is 5.56 Å². The molecule has 3 atom stereocenters. The molecule has 0 saturated heterocycles. The van der Waals surface area contributed by atoms with Gasteiger partial charge >= 0.3 is 0 Å². The van der Waals surface area contributed by atoms with Crippen molar-refractivity contribution in [2.24, 2.45) is 0 Å². The van der Waals surface area contributed by atoms with Gasteiger partial charge in [0.1, 0.15) is 18.0 Å². The highest BCUT2D eigenvalue weighted by atomic mass is 16.5. The summed E-state index contributed by atoms with van der Waals surface area (Å²) in [5.74, 6) is 0.629. The van der Waals surface area contributed by atoms with Crippen molar-refractivity contribution in [2.45, 2.75) is 18.3 Å². The fraction of sp³-hybridized carbons (Fsp3) is 0.200. The number of para-hydroxylation sites is 1. The number of rotatable bonds is 1. The Hall–Kier alpha value is -1.84. The normalized spacial score (nSPS) is 26.2. The van der Waals surface area contributed by atoms with Gasteiger partial charge in [-0.1, -0.05) is 48.5 Å². The second-order valence-electron chi connectivity index (χ2n) is 4.42. The minimum atomic E-state index is -0.956. The van der Waals surface area contributed by atoms with Crippen LogP contribution in [0.1, 0.15) is 23.3 Å². The van der Waals surface area contributed by atoms with E-state index in [4.69, 9.17) is 4.74 Å². The highest BCUT2D eigenvalue weighted by molar-refractivity contribution is 5.39. The summed E-state index contributed by atoms with van der Waals surface area (Å²) in [6.07, 6.45) is -2.40. The first kappa shape index (κ1) is 11.3. The molecule has 0 aliphatic carbocycles. The zero-order valence-electron chi connectivity index (χ0n) is 9.73. The fourth-order valence-electron chi connectivity index (χ4n) is 2.30. The molecule has 2 aromatic carbocycles. The SMILES string of the molecule is O[C@@H]1[C@@H](O)c2ccccc2O[C@H]1c1ccccc1. The maximum Gasteiger partial charge on any atom is 0.152 e. The standard InChI is InChI=1S/C15H14O3/c16-13-11-8-4-5-9-12(11)18-15(14(13)17)10-6-2-1-3-7-10/h1-9,13-17H/t13-,14+,15-/m0/s1. The number of ether oxygens (including phenoxy) is 1. The van der Waals surface area contributed by atoms with Crippen LogP contribution in [0.25, 0.3) is 0 Å². The van der Waals surface area contributed by atoms with E-state index >= 15 is 0 Å². The average Bonchev–Trinajstić information content (AvgIpc) is 2.44. The van der Waals surface area contributed by atoms with Crippen molar-refractivity contribution in [2.75, 3.05) is 0 Å². The first-order valence-electron chi connectivity index (χ1n) is 5.94. The zero-order valence-corrected chi connectivity index (χ0v) is 9.73. The number of hydrogen-bond donors (Lipinski definition) is 2. The van der Waals surface area contributed by atoms with Crippen LogP contribution in [0.2, 0.25) is 0 Å². The van der Waals surface area contributed by atoms with Gasteiger partial charge in [-0.15, -0.1) is 0 Å². The van der Waals surface area contributed by atoms with Gasteiger partial charge in [-0.05, 0) is 11.6 Å². The van der Waals surface area contributed by atoms with E-state index in [9.17, 15) is 10.2 Å². The van der Waals surface area contributed by atoms with Crippen LogP contribution in [0.3, 0.4) is 0 Å². The number of aliphatic hydroxyl groups is 2. The Balaban J connectivity index is 2.01. The lowest BCUT2D eigenvalue weighted by Gasteiger charge is -2.34. The van der Waals surface area contributed by atoms with Gasteiger partial charge in [0.25, 0.3) is 0 Å². The van der Waals surface area contributed by atoms with Crippen molar-refractivity contribution in [3.8, 4) is 5.75 Å². The summed E-state index contributed by atoms with van der Waals surface area (Å²) in [7, 11) is 0. The second kappa shape index (κ2) is 4.44. The van der Waals surface area contributed by atoms with Crippen LogP contribution in [-0.2, 0) is 0 Å². The third-order valence-corrected chi connectivity index (χ3v) is 3.25. The molecule has 1 aliphatic rings. The number of hydrogen-bond acceptors (Lipinski definition) is 3. The average molecular weight is 242 g/mol. The molecular weight excluding hydrogens is 228 g/mol. The monoisotopic (exact) mass is 242 g/mol. The minimum Gasteiger partial charge on any atom is -0.482 e. The van der Waals surface area contributed by atoms with Crippen molar-refractivity contribution < 1.29 is 14.9 Å². The molecule has 3 heteroatoms. The molecule has 0 unspecified atom stereocenters. The van der Waals surface area contributed by atoms with Gasteiger partial charge in [0.15, 0.2) is 6.10 Å². The molecule has 0 amide bonds. The quantitative estimate of drug-likeness (QED) is 0.806. The largest absolute Gasteiger partial charge is 0.482 e. The maximum atomic E-state index is 10.2. The van der Waals surface area contributed by atoms with Crippen LogP contribution in [0, 0.1) is 0 Å². The van der Waals surface area contributed by atoms with E-state index in [0.717, 1.165) is 5.56 Å². The Morgan fingerprint density at radius 3 is 2.28 bits per heavy atom. The van der Waals surface area contributed by atoms with Crippen LogP contribution in [0.5, 0.6) is 5.75 Å². The summed E-state index contributed by atoms with van der Waals surface area (Å²) < 4.78 is 5.79. The first-order chi connectivity index (χ1) is 8.77. The predicted molar refractivity (Wildman–Crippen MR) is 67.2 cm³/mol. The molecule has 0 radical (unpaired) electrons. The Morgan fingerprint density at radius 1 is 0.833 bits per heavy atom. The Bertz CT molecular complexity index is 538. The van der Waals surface area contributed by atoms with Crippen molar-refractivity contribution in [3.05, 3.63) is 65.7 Å². The Kier molecular flexibility index (Phi) is 2.78. The van der Waals surface area contributed by atoms with Crippen LogP contribution < -0.4 is 4.74 Å². The van der Waals surface area contributed by atoms with Crippen molar-refractivity contribution in [3.63, 3.8) is 0 Å². The van der Waals surface area contributed by atoms with Crippen LogP contribution in [0.15, 0.2) is 54.6 Å². The molecule has 0 aromatic heterocycles. The summed E-state index contributed by atoms with van der Waals surface area (Å²) in [6, 6.07) is 16.7. The Labute approximate surface area is 105 Å². The highest BCUT2D eigenvalue weighted by Crippen LogP contribution is 2.40. The van der Waals surface area contributed by atoms with E-state index in [2.05, 4.69) is 0 Å². The molecule has 2 N–H and O–H groups in total. The number of fused-ring (bicyclic) bond motifs is 1. The number of aliphatic hydroxyl groups excluding tert-OH is 2. The Morgan fingerprint density at radius 2 is 1.50 bits per heavy atom. The molecule has 0 fully saturated rings. The van der Waals surface area contributed by atoms with Crippen molar-refractivity contribution in [1.82, 2.24) is 0 Å². The van der Waals surface area contributed by atoms with Crippen LogP contribution in [0.4, 0.5) is 0 Å². The van der Waals surface area contributed by atoms with Crippen molar-refractivity contribution >= 4 is 0 Å². The molecule has 2 aromatic rings. The smallest absolute Gasteiger partial charge is 0.152 e. The minimum absolute atomic E-state index is 0.531. The molecule has 3 rings (SSSR count). The lowest BCUT2D eigenvalue weighted by molar-refractivity contribution is -0.0699. The van der Waals surface area contributed by atoms with Crippen LogP contribution in [-0.4, -0.2) is 16.3 Å². The lowest BCUT2D eigenvalue weighted by atomic mass is 9.92. The summed E-state index contributed by atoms with van der Waals surface area (Å²) in [5.41, 5.74) is 1.50. The van der Waals surface area contributed by atoms with Gasteiger partial charge in [-0.25, -0.2) is 0 Å². The third-order valence-electron chi connectivity index (χ3n) is 3.25. The van der Waals surface area contributed by atoms with E-state index in [1.807, 2.05) is 42.5 Å². The molecule has 18 heavy (non-hydrogen) atoms.